The Morgan fingerprint density at radius 3 is 2.31 bits per heavy atom. The van der Waals surface area contributed by atoms with Gasteiger partial charge in [0, 0.05) is 18.6 Å². The summed E-state index contributed by atoms with van der Waals surface area (Å²) < 4.78 is 13.4. The molecule has 0 heterocycles. The van der Waals surface area contributed by atoms with E-state index in [4.69, 9.17) is 9.16 Å². The Morgan fingerprint density at radius 1 is 0.972 bits per heavy atom. The van der Waals surface area contributed by atoms with Crippen LogP contribution in [0.25, 0.3) is 0 Å². The lowest BCUT2D eigenvalue weighted by Gasteiger charge is -2.57. The van der Waals surface area contributed by atoms with Gasteiger partial charge in [-0.25, -0.2) is 0 Å². The molecule has 0 aliphatic heterocycles. The van der Waals surface area contributed by atoms with Crippen LogP contribution in [0.15, 0.2) is 11.6 Å². The van der Waals surface area contributed by atoms with E-state index in [0.717, 1.165) is 38.7 Å². The maximum absolute atomic E-state index is 13.8. The first-order chi connectivity index (χ1) is 16.5. The van der Waals surface area contributed by atoms with Crippen molar-refractivity contribution in [3.63, 3.8) is 0 Å². The Morgan fingerprint density at radius 2 is 1.67 bits per heavy atom. The summed E-state index contributed by atoms with van der Waals surface area (Å²) >= 11 is 0. The average Bonchev–Trinajstić information content (AvgIpc) is 3.07. The van der Waals surface area contributed by atoms with Crippen LogP contribution in [0, 0.1) is 34.0 Å². The number of hydrogen-bond donors (Lipinski definition) is 0. The molecule has 36 heavy (non-hydrogen) atoms. The van der Waals surface area contributed by atoms with E-state index >= 15 is 0 Å². The van der Waals surface area contributed by atoms with Crippen molar-refractivity contribution in [3.8, 4) is 0 Å². The van der Waals surface area contributed by atoms with Gasteiger partial charge in [-0.05, 0) is 110 Å². The van der Waals surface area contributed by atoms with Crippen LogP contribution >= 0.6 is 0 Å². The van der Waals surface area contributed by atoms with Gasteiger partial charge >= 0.3 is 0 Å². The molecule has 4 aliphatic rings. The predicted molar refractivity (Wildman–Crippen MR) is 153 cm³/mol. The van der Waals surface area contributed by atoms with E-state index in [2.05, 4.69) is 74.6 Å². The van der Waals surface area contributed by atoms with Crippen molar-refractivity contribution in [1.82, 2.24) is 0 Å². The molecule has 2 unspecified atom stereocenters. The molecule has 0 aromatic rings. The maximum atomic E-state index is 13.8. The molecule has 3 saturated carbocycles. The van der Waals surface area contributed by atoms with Crippen LogP contribution in [-0.4, -0.2) is 32.9 Å². The molecule has 4 heteroatoms. The summed E-state index contributed by atoms with van der Waals surface area (Å²) in [6.45, 7) is 24.4. The van der Waals surface area contributed by atoms with Crippen molar-refractivity contribution in [2.45, 2.75) is 144 Å². The zero-order valence-corrected chi connectivity index (χ0v) is 26.3. The van der Waals surface area contributed by atoms with Crippen molar-refractivity contribution in [3.05, 3.63) is 11.6 Å². The SMILES string of the molecule is CC(C)(C)CCCOC1CC[C@H]2[C@@H]3C(=O)C=C4CC(O[Si](C)(C)C(C)(C)C)CC[C@]4(C)[C@@H]3CC[C@]12C. The minimum Gasteiger partial charge on any atom is -0.414 e. The third kappa shape index (κ3) is 5.22. The van der Waals surface area contributed by atoms with E-state index in [0.29, 0.717) is 29.1 Å². The van der Waals surface area contributed by atoms with Gasteiger partial charge in [-0.1, -0.05) is 61.0 Å². The highest BCUT2D eigenvalue weighted by Gasteiger charge is 2.61. The number of ether oxygens (including phenoxy) is 1. The molecule has 0 bridgehead atoms. The third-order valence-corrected chi connectivity index (χ3v) is 16.0. The first kappa shape index (κ1) is 28.6. The Labute approximate surface area is 223 Å². The van der Waals surface area contributed by atoms with Crippen LogP contribution < -0.4 is 0 Å². The van der Waals surface area contributed by atoms with Crippen molar-refractivity contribution < 1.29 is 14.0 Å². The van der Waals surface area contributed by atoms with Gasteiger partial charge in [0.25, 0.3) is 0 Å². The Hall–Kier alpha value is -0.453. The van der Waals surface area contributed by atoms with Crippen LogP contribution in [0.5, 0.6) is 0 Å². The Balaban J connectivity index is 1.47. The number of carbonyl (C=O) groups excluding carboxylic acids is 1. The molecule has 3 nitrogen and oxygen atoms in total. The summed E-state index contributed by atoms with van der Waals surface area (Å²) in [5, 5.41) is 0.220. The molecule has 3 fully saturated rings. The fourth-order valence-corrected chi connectivity index (χ4v) is 9.50. The van der Waals surface area contributed by atoms with E-state index in [1.54, 1.807) is 0 Å². The first-order valence-corrected chi connectivity index (χ1v) is 17.9. The lowest BCUT2D eigenvalue weighted by molar-refractivity contribution is -0.138. The Kier molecular flexibility index (Phi) is 7.64. The molecule has 0 radical (unpaired) electrons. The van der Waals surface area contributed by atoms with E-state index < -0.39 is 8.32 Å². The highest BCUT2D eigenvalue weighted by atomic mass is 28.4. The third-order valence-electron chi connectivity index (χ3n) is 11.5. The van der Waals surface area contributed by atoms with Gasteiger partial charge in [0.15, 0.2) is 14.1 Å². The second-order valence-corrected chi connectivity index (χ2v) is 20.9. The van der Waals surface area contributed by atoms with Gasteiger partial charge in [0.2, 0.25) is 0 Å². The highest BCUT2D eigenvalue weighted by Crippen LogP contribution is 2.64. The van der Waals surface area contributed by atoms with Gasteiger partial charge in [-0.2, -0.15) is 0 Å². The summed E-state index contributed by atoms with van der Waals surface area (Å²) in [4.78, 5) is 13.8. The van der Waals surface area contributed by atoms with Crippen molar-refractivity contribution >= 4 is 14.1 Å². The molecule has 206 valence electrons. The zero-order valence-electron chi connectivity index (χ0n) is 25.3. The predicted octanol–water partition coefficient (Wildman–Crippen LogP) is 8.73. The molecule has 0 amide bonds. The molecular formula is C32H56O3Si. The van der Waals surface area contributed by atoms with Crippen LogP contribution in [0.3, 0.4) is 0 Å². The van der Waals surface area contributed by atoms with Crippen molar-refractivity contribution in [2.24, 2.45) is 34.0 Å². The van der Waals surface area contributed by atoms with Crippen molar-refractivity contribution in [1.29, 1.82) is 0 Å². The second-order valence-electron chi connectivity index (χ2n) is 16.1. The second kappa shape index (κ2) is 9.63. The first-order valence-electron chi connectivity index (χ1n) is 15.0. The van der Waals surface area contributed by atoms with E-state index in [-0.39, 0.29) is 27.9 Å². The van der Waals surface area contributed by atoms with Gasteiger partial charge in [-0.15, -0.1) is 0 Å². The summed E-state index contributed by atoms with van der Waals surface area (Å²) in [6.07, 6.45) is 13.0. The van der Waals surface area contributed by atoms with Gasteiger partial charge < -0.3 is 9.16 Å². The van der Waals surface area contributed by atoms with Gasteiger partial charge in [-0.3, -0.25) is 4.79 Å². The summed E-state index contributed by atoms with van der Waals surface area (Å²) in [5.41, 5.74) is 2.09. The maximum Gasteiger partial charge on any atom is 0.192 e. The molecular weight excluding hydrogens is 460 g/mol. The number of hydrogen-bond acceptors (Lipinski definition) is 3. The van der Waals surface area contributed by atoms with E-state index in [1.165, 1.54) is 31.3 Å². The summed E-state index contributed by atoms with van der Waals surface area (Å²) in [6, 6.07) is 0. The topological polar surface area (TPSA) is 35.5 Å². The van der Waals surface area contributed by atoms with Crippen LogP contribution in [0.1, 0.15) is 113 Å². The fourth-order valence-electron chi connectivity index (χ4n) is 8.12. The fraction of sp³-hybridized carbons (Fsp3) is 0.906. The minimum absolute atomic E-state index is 0.156. The molecule has 0 saturated heterocycles. The van der Waals surface area contributed by atoms with Crippen molar-refractivity contribution in [2.75, 3.05) is 6.61 Å². The van der Waals surface area contributed by atoms with E-state index in [9.17, 15) is 4.79 Å². The minimum atomic E-state index is -1.81. The number of allylic oxidation sites excluding steroid dienone is 1. The Bertz CT molecular complexity index is 862. The summed E-state index contributed by atoms with van der Waals surface area (Å²) in [7, 11) is -1.81. The molecule has 0 aromatic carbocycles. The van der Waals surface area contributed by atoms with Gasteiger partial charge in [0.05, 0.1) is 6.10 Å². The van der Waals surface area contributed by atoms with Crippen LogP contribution in [-0.2, 0) is 14.0 Å². The number of fused-ring (bicyclic) bond motifs is 5. The summed E-state index contributed by atoms with van der Waals surface area (Å²) in [5.74, 6) is 1.59. The van der Waals surface area contributed by atoms with E-state index in [1.807, 2.05) is 0 Å². The monoisotopic (exact) mass is 516 g/mol. The quantitative estimate of drug-likeness (QED) is 0.261. The van der Waals surface area contributed by atoms with Crippen LogP contribution in [0.2, 0.25) is 18.1 Å². The number of rotatable bonds is 6. The lowest BCUT2D eigenvalue weighted by Crippen LogP contribution is -2.55. The number of carbonyl (C=O) groups is 1. The van der Waals surface area contributed by atoms with Gasteiger partial charge in [0.1, 0.15) is 0 Å². The molecule has 0 spiro atoms. The average molecular weight is 517 g/mol. The lowest BCUT2D eigenvalue weighted by atomic mass is 9.47. The normalized spacial score (nSPS) is 39.3. The number of ketones is 1. The molecule has 7 atom stereocenters. The smallest absolute Gasteiger partial charge is 0.192 e. The molecule has 0 aromatic heterocycles. The highest BCUT2D eigenvalue weighted by molar-refractivity contribution is 6.74. The molecule has 4 aliphatic carbocycles. The zero-order chi connectivity index (χ0) is 26.7. The largest absolute Gasteiger partial charge is 0.414 e. The molecule has 4 rings (SSSR count). The standard InChI is InChI=1S/C32H56O3Si/c1-29(2,3)16-11-19-34-27-13-12-24-28-25(15-18-32(24,27)8)31(7)17-14-23(20-22(31)21-26(28)33)35-36(9,10)30(4,5)6/h21,23-25,27-28H,11-20H2,1-10H3/t23?,24-,25+,27?,28-,31-,32-/m0/s1. The van der Waals surface area contributed by atoms with Crippen LogP contribution in [0.4, 0.5) is 0 Å². The molecule has 0 N–H and O–H groups in total.